The Balaban J connectivity index is 1.67. The maximum Gasteiger partial charge on any atom is 0.139 e. The van der Waals surface area contributed by atoms with Gasteiger partial charge in [-0.05, 0) is 24.6 Å². The summed E-state index contributed by atoms with van der Waals surface area (Å²) in [5.41, 5.74) is 2.22. The Kier molecular flexibility index (Phi) is 4.49. The SMILES string of the molecule is COc1ccc(-c2csc3ncnc(N[C@H](C)Cn4cncn4)c23)cc1. The summed E-state index contributed by atoms with van der Waals surface area (Å²) in [4.78, 5) is 13.8. The zero-order valence-corrected chi connectivity index (χ0v) is 15.3. The second-order valence-corrected chi connectivity index (χ2v) is 6.80. The van der Waals surface area contributed by atoms with Crippen molar-refractivity contribution in [1.82, 2.24) is 24.7 Å². The lowest BCUT2D eigenvalue weighted by Gasteiger charge is -2.15. The van der Waals surface area contributed by atoms with Crippen LogP contribution in [0.25, 0.3) is 21.3 Å². The summed E-state index contributed by atoms with van der Waals surface area (Å²) in [5, 5.41) is 10.8. The maximum absolute atomic E-state index is 5.25. The second-order valence-electron chi connectivity index (χ2n) is 5.94. The minimum absolute atomic E-state index is 0.137. The van der Waals surface area contributed by atoms with Crippen molar-refractivity contribution in [2.45, 2.75) is 19.5 Å². The van der Waals surface area contributed by atoms with Gasteiger partial charge in [-0.15, -0.1) is 11.3 Å². The smallest absolute Gasteiger partial charge is 0.139 e. The van der Waals surface area contributed by atoms with Crippen molar-refractivity contribution in [3.63, 3.8) is 0 Å². The van der Waals surface area contributed by atoms with Gasteiger partial charge >= 0.3 is 0 Å². The summed E-state index contributed by atoms with van der Waals surface area (Å²) < 4.78 is 7.05. The normalized spacial score (nSPS) is 12.2. The molecule has 0 saturated carbocycles. The van der Waals surface area contributed by atoms with Gasteiger partial charge in [-0.1, -0.05) is 12.1 Å². The molecule has 0 radical (unpaired) electrons. The zero-order valence-electron chi connectivity index (χ0n) is 14.5. The predicted octanol–water partition coefficient (Wildman–Crippen LogP) is 3.46. The number of hydrogen-bond acceptors (Lipinski definition) is 7. The van der Waals surface area contributed by atoms with Crippen molar-refractivity contribution in [2.75, 3.05) is 12.4 Å². The highest BCUT2D eigenvalue weighted by Crippen LogP contribution is 2.37. The minimum Gasteiger partial charge on any atom is -0.497 e. The van der Waals surface area contributed by atoms with Gasteiger partial charge in [0.25, 0.3) is 0 Å². The number of hydrogen-bond donors (Lipinski definition) is 1. The van der Waals surface area contributed by atoms with Crippen LogP contribution in [0, 0.1) is 0 Å². The molecule has 0 aliphatic rings. The van der Waals surface area contributed by atoms with E-state index in [-0.39, 0.29) is 6.04 Å². The lowest BCUT2D eigenvalue weighted by Crippen LogP contribution is -2.23. The van der Waals surface area contributed by atoms with Crippen molar-refractivity contribution < 1.29 is 4.74 Å². The molecule has 0 unspecified atom stereocenters. The minimum atomic E-state index is 0.137. The maximum atomic E-state index is 5.25. The first-order chi connectivity index (χ1) is 12.7. The van der Waals surface area contributed by atoms with Crippen LogP contribution in [0.3, 0.4) is 0 Å². The quantitative estimate of drug-likeness (QED) is 0.563. The third kappa shape index (κ3) is 3.23. The molecule has 4 aromatic rings. The van der Waals surface area contributed by atoms with Crippen LogP contribution >= 0.6 is 11.3 Å². The van der Waals surface area contributed by atoms with Gasteiger partial charge in [0.05, 0.1) is 19.0 Å². The van der Waals surface area contributed by atoms with Crippen LogP contribution in [0.15, 0.2) is 48.6 Å². The number of thiophene rings is 1. The Morgan fingerprint density at radius 3 is 2.77 bits per heavy atom. The number of fused-ring (bicyclic) bond motifs is 1. The van der Waals surface area contributed by atoms with E-state index in [1.165, 1.54) is 6.33 Å². The van der Waals surface area contributed by atoms with E-state index in [1.807, 2.05) is 12.1 Å². The van der Waals surface area contributed by atoms with Gasteiger partial charge in [0, 0.05) is 17.0 Å². The standard InChI is InChI=1S/C18H18N6OS/c1-12(7-24-11-19-9-22-24)23-17-16-15(8-26-18(16)21-10-20-17)13-3-5-14(25-2)6-4-13/h3-6,8-12H,7H2,1-2H3,(H,20,21,23)/t12-/m1/s1. The molecule has 0 spiro atoms. The largest absolute Gasteiger partial charge is 0.497 e. The summed E-state index contributed by atoms with van der Waals surface area (Å²) in [6, 6.07) is 8.16. The molecule has 8 heteroatoms. The van der Waals surface area contributed by atoms with Crippen molar-refractivity contribution in [3.05, 3.63) is 48.6 Å². The number of ether oxygens (including phenoxy) is 1. The number of aromatic nitrogens is 5. The van der Waals surface area contributed by atoms with Crippen molar-refractivity contribution >= 4 is 27.4 Å². The molecule has 1 atom stereocenters. The number of rotatable bonds is 6. The van der Waals surface area contributed by atoms with E-state index in [2.05, 4.69) is 49.8 Å². The second kappa shape index (κ2) is 7.09. The molecule has 0 amide bonds. The monoisotopic (exact) mass is 366 g/mol. The molecule has 26 heavy (non-hydrogen) atoms. The van der Waals surface area contributed by atoms with Gasteiger partial charge in [-0.2, -0.15) is 5.10 Å². The molecule has 3 heterocycles. The van der Waals surface area contributed by atoms with Crippen LogP contribution in [0.5, 0.6) is 5.75 Å². The number of anilines is 1. The van der Waals surface area contributed by atoms with E-state index >= 15 is 0 Å². The first-order valence-corrected chi connectivity index (χ1v) is 9.08. The first-order valence-electron chi connectivity index (χ1n) is 8.20. The average molecular weight is 366 g/mol. The molecule has 0 fully saturated rings. The summed E-state index contributed by atoms with van der Waals surface area (Å²) in [6.07, 6.45) is 4.85. The molecule has 0 aliphatic carbocycles. The van der Waals surface area contributed by atoms with E-state index in [4.69, 9.17) is 4.74 Å². The molecule has 132 valence electrons. The van der Waals surface area contributed by atoms with E-state index in [9.17, 15) is 0 Å². The lowest BCUT2D eigenvalue weighted by atomic mass is 10.1. The van der Waals surface area contributed by atoms with E-state index in [1.54, 1.807) is 35.8 Å². The molecule has 1 N–H and O–H groups in total. The topological polar surface area (TPSA) is 77.8 Å². The van der Waals surface area contributed by atoms with Gasteiger partial charge in [0.1, 0.15) is 35.4 Å². The zero-order chi connectivity index (χ0) is 17.9. The number of methoxy groups -OCH3 is 1. The van der Waals surface area contributed by atoms with Crippen LogP contribution in [0.4, 0.5) is 5.82 Å². The average Bonchev–Trinajstić information content (AvgIpc) is 3.32. The lowest BCUT2D eigenvalue weighted by molar-refractivity contribution is 0.415. The summed E-state index contributed by atoms with van der Waals surface area (Å²) in [7, 11) is 1.67. The van der Waals surface area contributed by atoms with Crippen LogP contribution in [-0.4, -0.2) is 37.9 Å². The Morgan fingerprint density at radius 1 is 1.19 bits per heavy atom. The molecular weight excluding hydrogens is 348 g/mol. The number of benzene rings is 1. The van der Waals surface area contributed by atoms with Crippen LogP contribution in [0.2, 0.25) is 0 Å². The van der Waals surface area contributed by atoms with Crippen LogP contribution < -0.4 is 10.1 Å². The fourth-order valence-corrected chi connectivity index (χ4v) is 3.77. The Hall–Kier alpha value is -3.00. The molecule has 0 aliphatic heterocycles. The summed E-state index contributed by atoms with van der Waals surface area (Å²) in [6.45, 7) is 2.79. The third-order valence-electron chi connectivity index (χ3n) is 4.08. The summed E-state index contributed by atoms with van der Waals surface area (Å²) >= 11 is 1.62. The Bertz CT molecular complexity index is 996. The molecule has 7 nitrogen and oxygen atoms in total. The number of nitrogens with zero attached hydrogens (tertiary/aromatic N) is 5. The van der Waals surface area contributed by atoms with E-state index in [0.717, 1.165) is 32.9 Å². The first kappa shape index (κ1) is 16.5. The van der Waals surface area contributed by atoms with Gasteiger partial charge in [0.2, 0.25) is 0 Å². The fourth-order valence-electron chi connectivity index (χ4n) is 2.85. The molecule has 3 aromatic heterocycles. The Labute approximate surface area is 154 Å². The highest BCUT2D eigenvalue weighted by molar-refractivity contribution is 7.17. The van der Waals surface area contributed by atoms with E-state index < -0.39 is 0 Å². The number of nitrogens with one attached hydrogen (secondary N) is 1. The highest BCUT2D eigenvalue weighted by Gasteiger charge is 2.15. The van der Waals surface area contributed by atoms with Crippen molar-refractivity contribution in [2.24, 2.45) is 0 Å². The van der Waals surface area contributed by atoms with Gasteiger partial charge in [-0.3, -0.25) is 4.68 Å². The van der Waals surface area contributed by atoms with Gasteiger partial charge in [0.15, 0.2) is 0 Å². The van der Waals surface area contributed by atoms with Crippen molar-refractivity contribution in [1.29, 1.82) is 0 Å². The molecule has 1 aromatic carbocycles. The fraction of sp³-hybridized carbons (Fsp3) is 0.222. The van der Waals surface area contributed by atoms with E-state index in [0.29, 0.717) is 6.54 Å². The molecular formula is C18H18N6OS. The van der Waals surface area contributed by atoms with Gasteiger partial charge < -0.3 is 10.1 Å². The predicted molar refractivity (Wildman–Crippen MR) is 103 cm³/mol. The summed E-state index contributed by atoms with van der Waals surface area (Å²) in [5.74, 6) is 1.67. The van der Waals surface area contributed by atoms with Gasteiger partial charge in [-0.25, -0.2) is 15.0 Å². The van der Waals surface area contributed by atoms with Crippen LogP contribution in [0.1, 0.15) is 6.92 Å². The molecule has 4 rings (SSSR count). The molecule has 0 bridgehead atoms. The molecule has 0 saturated heterocycles. The Morgan fingerprint density at radius 2 is 2.04 bits per heavy atom. The van der Waals surface area contributed by atoms with Crippen molar-refractivity contribution in [3.8, 4) is 16.9 Å². The highest BCUT2D eigenvalue weighted by atomic mass is 32.1. The third-order valence-corrected chi connectivity index (χ3v) is 4.97. The van der Waals surface area contributed by atoms with Crippen LogP contribution in [-0.2, 0) is 6.54 Å².